The molecular formula is C13H7Cl2NO4. The van der Waals surface area contributed by atoms with Gasteiger partial charge in [-0.15, -0.1) is 0 Å². The van der Waals surface area contributed by atoms with Gasteiger partial charge in [-0.05, 0) is 18.2 Å². The van der Waals surface area contributed by atoms with Crippen molar-refractivity contribution >= 4 is 35.0 Å². The van der Waals surface area contributed by atoms with E-state index in [4.69, 9.17) is 33.0 Å². The molecule has 0 aliphatic carbocycles. The number of benzene rings is 1. The van der Waals surface area contributed by atoms with Gasteiger partial charge in [0.05, 0.1) is 10.0 Å². The molecule has 1 N–H and O–H groups in total. The number of pyridine rings is 1. The van der Waals surface area contributed by atoms with Gasteiger partial charge in [0.25, 0.3) is 5.78 Å². The van der Waals surface area contributed by atoms with Gasteiger partial charge in [-0.2, -0.15) is 0 Å². The van der Waals surface area contributed by atoms with Gasteiger partial charge in [0.1, 0.15) is 5.75 Å². The van der Waals surface area contributed by atoms with Crippen LogP contribution in [0.25, 0.3) is 0 Å². The van der Waals surface area contributed by atoms with E-state index >= 15 is 0 Å². The number of carboxylic acids is 1. The predicted molar refractivity (Wildman–Crippen MR) is 72.7 cm³/mol. The molecule has 2 rings (SSSR count). The van der Waals surface area contributed by atoms with E-state index in [0.29, 0.717) is 16.7 Å². The molecule has 0 radical (unpaired) electrons. The summed E-state index contributed by atoms with van der Waals surface area (Å²) in [5.74, 6) is -2.03. The molecular weight excluding hydrogens is 305 g/mol. The largest absolute Gasteiger partial charge is 0.475 e. The number of carbonyl (C=O) groups excluding carboxylic acids is 1. The molecule has 0 amide bonds. The van der Waals surface area contributed by atoms with Crippen LogP contribution in [0.3, 0.4) is 0 Å². The zero-order valence-electron chi connectivity index (χ0n) is 9.84. The third-order valence-electron chi connectivity index (χ3n) is 2.30. The minimum atomic E-state index is -1.57. The van der Waals surface area contributed by atoms with E-state index in [2.05, 4.69) is 4.98 Å². The summed E-state index contributed by atoms with van der Waals surface area (Å²) in [6.07, 6.45) is 1.42. The molecule has 7 heteroatoms. The zero-order chi connectivity index (χ0) is 14.7. The Kier molecular flexibility index (Phi) is 4.22. The van der Waals surface area contributed by atoms with E-state index in [1.165, 1.54) is 24.4 Å². The summed E-state index contributed by atoms with van der Waals surface area (Å²) in [6, 6.07) is 7.22. The van der Waals surface area contributed by atoms with E-state index in [0.717, 1.165) is 0 Å². The summed E-state index contributed by atoms with van der Waals surface area (Å²) in [4.78, 5) is 25.8. The maximum absolute atomic E-state index is 11.3. The monoisotopic (exact) mass is 311 g/mol. The van der Waals surface area contributed by atoms with E-state index in [-0.39, 0.29) is 10.6 Å². The minimum Gasteiger partial charge on any atom is -0.475 e. The van der Waals surface area contributed by atoms with Crippen LogP contribution < -0.4 is 4.74 Å². The first-order valence-corrected chi connectivity index (χ1v) is 6.09. The number of ketones is 1. The van der Waals surface area contributed by atoms with Gasteiger partial charge in [0.2, 0.25) is 5.88 Å². The van der Waals surface area contributed by atoms with Crippen LogP contribution >= 0.6 is 23.2 Å². The second-order valence-corrected chi connectivity index (χ2v) is 4.54. The highest BCUT2D eigenvalue weighted by Crippen LogP contribution is 2.26. The topological polar surface area (TPSA) is 76.5 Å². The highest BCUT2D eigenvalue weighted by Gasteiger charge is 2.18. The van der Waals surface area contributed by atoms with Gasteiger partial charge in [-0.3, -0.25) is 4.79 Å². The predicted octanol–water partition coefficient (Wildman–Crippen LogP) is 3.45. The molecule has 0 saturated carbocycles. The quantitative estimate of drug-likeness (QED) is 0.691. The first-order valence-electron chi connectivity index (χ1n) is 5.34. The number of aliphatic carboxylic acids is 1. The molecule has 2 aromatic rings. The fraction of sp³-hybridized carbons (Fsp3) is 0. The molecule has 0 fully saturated rings. The third kappa shape index (κ3) is 3.26. The molecule has 0 spiro atoms. The summed E-state index contributed by atoms with van der Waals surface area (Å²) in [7, 11) is 0. The molecule has 20 heavy (non-hydrogen) atoms. The number of carbonyl (C=O) groups is 2. The van der Waals surface area contributed by atoms with Crippen LogP contribution in [-0.4, -0.2) is 21.8 Å². The molecule has 1 aromatic heterocycles. The first kappa shape index (κ1) is 14.3. The molecule has 1 heterocycles. The lowest BCUT2D eigenvalue weighted by molar-refractivity contribution is -0.131. The number of hydrogen-bond acceptors (Lipinski definition) is 4. The maximum atomic E-state index is 11.3. The second-order valence-electron chi connectivity index (χ2n) is 3.69. The number of Topliss-reactive ketones (excluding diaryl/α,β-unsaturated/α-hetero) is 1. The van der Waals surface area contributed by atoms with E-state index in [1.807, 2.05) is 0 Å². The average Bonchev–Trinajstić information content (AvgIpc) is 2.41. The number of rotatable bonds is 4. The fourth-order valence-corrected chi connectivity index (χ4v) is 1.77. The Morgan fingerprint density at radius 2 is 1.90 bits per heavy atom. The molecule has 0 aliphatic heterocycles. The molecule has 1 aromatic carbocycles. The van der Waals surface area contributed by atoms with Gasteiger partial charge < -0.3 is 9.84 Å². The number of aromatic nitrogens is 1. The van der Waals surface area contributed by atoms with Crippen molar-refractivity contribution in [1.82, 2.24) is 4.98 Å². The molecule has 0 atom stereocenters. The number of ether oxygens (including phenoxy) is 1. The second kappa shape index (κ2) is 5.90. The molecule has 0 aliphatic rings. The Balaban J connectivity index is 2.23. The summed E-state index contributed by atoms with van der Waals surface area (Å²) < 4.78 is 5.40. The van der Waals surface area contributed by atoms with Gasteiger partial charge in [-0.1, -0.05) is 23.2 Å². The van der Waals surface area contributed by atoms with Crippen molar-refractivity contribution < 1.29 is 19.4 Å². The van der Waals surface area contributed by atoms with Crippen LogP contribution in [-0.2, 0) is 4.79 Å². The third-order valence-corrected chi connectivity index (χ3v) is 2.84. The smallest absolute Gasteiger partial charge is 0.377 e. The van der Waals surface area contributed by atoms with Gasteiger partial charge >= 0.3 is 5.97 Å². The number of hydrogen-bond donors (Lipinski definition) is 1. The van der Waals surface area contributed by atoms with Crippen molar-refractivity contribution in [1.29, 1.82) is 0 Å². The zero-order valence-corrected chi connectivity index (χ0v) is 11.4. The number of halogens is 2. The maximum Gasteiger partial charge on any atom is 0.377 e. The summed E-state index contributed by atoms with van der Waals surface area (Å²) in [6.45, 7) is 0. The number of carboxylic acid groups (broad SMARTS) is 1. The lowest BCUT2D eigenvalue weighted by Gasteiger charge is -2.06. The van der Waals surface area contributed by atoms with Crippen LogP contribution in [0.2, 0.25) is 10.0 Å². The lowest BCUT2D eigenvalue weighted by atomic mass is 10.1. The molecule has 5 nitrogen and oxygen atoms in total. The summed E-state index contributed by atoms with van der Waals surface area (Å²) in [5, 5.41) is 9.09. The van der Waals surface area contributed by atoms with E-state index in [1.54, 1.807) is 12.1 Å². The van der Waals surface area contributed by atoms with Crippen molar-refractivity contribution in [2.45, 2.75) is 0 Å². The van der Waals surface area contributed by atoms with Crippen molar-refractivity contribution in [3.05, 3.63) is 52.1 Å². The Morgan fingerprint density at radius 1 is 1.15 bits per heavy atom. The number of nitrogens with zero attached hydrogens (tertiary/aromatic N) is 1. The van der Waals surface area contributed by atoms with E-state index < -0.39 is 11.8 Å². The van der Waals surface area contributed by atoms with E-state index in [9.17, 15) is 9.59 Å². The molecule has 0 unspecified atom stereocenters. The van der Waals surface area contributed by atoms with Gasteiger partial charge in [0, 0.05) is 23.9 Å². The summed E-state index contributed by atoms with van der Waals surface area (Å²) in [5.41, 5.74) is -0.101. The van der Waals surface area contributed by atoms with Crippen molar-refractivity contribution in [2.24, 2.45) is 0 Å². The average molecular weight is 312 g/mol. The Bertz CT molecular complexity index is 671. The van der Waals surface area contributed by atoms with Crippen LogP contribution in [0.5, 0.6) is 11.6 Å². The van der Waals surface area contributed by atoms with Crippen molar-refractivity contribution in [2.75, 3.05) is 0 Å². The SMILES string of the molecule is O=C(O)C(=O)c1ccc(Oc2ccc(Cl)cn2)cc1Cl. The van der Waals surface area contributed by atoms with Crippen molar-refractivity contribution in [3.63, 3.8) is 0 Å². The molecule has 0 bridgehead atoms. The molecule has 102 valence electrons. The Labute approximate surface area is 123 Å². The first-order chi connectivity index (χ1) is 9.47. The molecule has 0 saturated heterocycles. The van der Waals surface area contributed by atoms with Gasteiger partial charge in [-0.25, -0.2) is 9.78 Å². The van der Waals surface area contributed by atoms with Crippen molar-refractivity contribution in [3.8, 4) is 11.6 Å². The van der Waals surface area contributed by atoms with Gasteiger partial charge in [0.15, 0.2) is 0 Å². The lowest BCUT2D eigenvalue weighted by Crippen LogP contribution is -2.13. The highest BCUT2D eigenvalue weighted by atomic mass is 35.5. The Morgan fingerprint density at radius 3 is 2.45 bits per heavy atom. The van der Waals surface area contributed by atoms with Crippen LogP contribution in [0.15, 0.2) is 36.5 Å². The van der Waals surface area contributed by atoms with Crippen LogP contribution in [0.1, 0.15) is 10.4 Å². The Hall–Kier alpha value is -2.11. The standard InChI is InChI=1S/C13H7Cl2NO4/c14-7-1-4-11(16-6-7)20-8-2-3-9(10(15)5-8)12(17)13(18)19/h1-6H,(H,18,19). The fourth-order valence-electron chi connectivity index (χ4n) is 1.40. The van der Waals surface area contributed by atoms with Crippen LogP contribution in [0, 0.1) is 0 Å². The summed E-state index contributed by atoms with van der Waals surface area (Å²) >= 11 is 11.5. The normalized spacial score (nSPS) is 10.1. The highest BCUT2D eigenvalue weighted by molar-refractivity contribution is 6.45. The minimum absolute atomic E-state index is 0.0103. The van der Waals surface area contributed by atoms with Crippen LogP contribution in [0.4, 0.5) is 0 Å².